The molecule has 2 rings (SSSR count). The van der Waals surface area contributed by atoms with Crippen LogP contribution in [-0.4, -0.2) is 86.9 Å². The number of nitrogens with one attached hydrogen (secondary N) is 1. The van der Waals surface area contributed by atoms with Crippen molar-refractivity contribution in [1.29, 1.82) is 0 Å². The van der Waals surface area contributed by atoms with E-state index in [4.69, 9.17) is 9.47 Å². The normalized spacial score (nSPS) is 23.9. The molecule has 7 nitrogen and oxygen atoms in total. The first-order valence-electron chi connectivity index (χ1n) is 9.52. The van der Waals surface area contributed by atoms with Gasteiger partial charge in [-0.15, -0.1) is 24.0 Å². The molecule has 2 atom stereocenters. The van der Waals surface area contributed by atoms with Crippen LogP contribution >= 0.6 is 24.0 Å². The molecule has 2 fully saturated rings. The van der Waals surface area contributed by atoms with E-state index in [0.29, 0.717) is 18.7 Å². The van der Waals surface area contributed by atoms with E-state index in [9.17, 15) is 4.79 Å². The van der Waals surface area contributed by atoms with Gasteiger partial charge in [0.15, 0.2) is 5.96 Å². The van der Waals surface area contributed by atoms with Crippen LogP contribution in [0.1, 0.15) is 33.6 Å². The third-order valence-corrected chi connectivity index (χ3v) is 5.17. The summed E-state index contributed by atoms with van der Waals surface area (Å²) in [5.41, 5.74) is 0. The topological polar surface area (TPSA) is 66.4 Å². The quantitative estimate of drug-likeness (QED) is 0.278. The Morgan fingerprint density at radius 2 is 2.04 bits per heavy atom. The molecule has 1 N–H and O–H groups in total. The summed E-state index contributed by atoms with van der Waals surface area (Å²) < 4.78 is 10.7. The van der Waals surface area contributed by atoms with E-state index in [-0.39, 0.29) is 35.9 Å². The number of morpholine rings is 1. The van der Waals surface area contributed by atoms with Crippen molar-refractivity contribution in [1.82, 2.24) is 15.1 Å². The second kappa shape index (κ2) is 12.0. The lowest BCUT2D eigenvalue weighted by molar-refractivity contribution is -0.149. The average molecular weight is 482 g/mol. The summed E-state index contributed by atoms with van der Waals surface area (Å²) in [6, 6.07) is 0.876. The van der Waals surface area contributed by atoms with E-state index >= 15 is 0 Å². The first-order chi connectivity index (χ1) is 12.1. The summed E-state index contributed by atoms with van der Waals surface area (Å²) in [5, 5.41) is 3.50. The zero-order valence-electron chi connectivity index (χ0n) is 16.6. The number of rotatable bonds is 5. The number of guanidine groups is 1. The molecule has 0 radical (unpaired) electrons. The predicted molar refractivity (Wildman–Crippen MR) is 114 cm³/mol. The zero-order chi connectivity index (χ0) is 18.2. The lowest BCUT2D eigenvalue weighted by Gasteiger charge is -2.39. The number of nitrogens with zero attached hydrogens (tertiary/aromatic N) is 3. The SMILES string of the molecule is CCOC(=O)C1CCN(C(=NC)NCC(C)N2CCOCC2C)CC1.I. The molecule has 26 heavy (non-hydrogen) atoms. The highest BCUT2D eigenvalue weighted by Crippen LogP contribution is 2.19. The Morgan fingerprint density at radius 1 is 1.35 bits per heavy atom. The molecule has 2 unspecified atom stereocenters. The summed E-state index contributed by atoms with van der Waals surface area (Å²) in [6.07, 6.45) is 1.66. The predicted octanol–water partition coefficient (Wildman–Crippen LogP) is 1.56. The van der Waals surface area contributed by atoms with Crippen molar-refractivity contribution in [2.45, 2.75) is 45.7 Å². The monoisotopic (exact) mass is 482 g/mol. The van der Waals surface area contributed by atoms with Gasteiger partial charge in [-0.05, 0) is 33.6 Å². The summed E-state index contributed by atoms with van der Waals surface area (Å²) in [7, 11) is 1.82. The molecule has 0 saturated carbocycles. The van der Waals surface area contributed by atoms with Gasteiger partial charge in [0.05, 0.1) is 25.7 Å². The van der Waals surface area contributed by atoms with Gasteiger partial charge < -0.3 is 19.7 Å². The van der Waals surface area contributed by atoms with Gasteiger partial charge in [-0.2, -0.15) is 0 Å². The standard InChI is InChI=1S/C18H34N4O3.HI/c1-5-25-17(23)16-6-8-21(9-7-16)18(19-4)20-12-14(2)22-10-11-24-13-15(22)3;/h14-16H,5-13H2,1-4H3,(H,19,20);1H. The molecule has 2 aliphatic heterocycles. The molecule has 8 heteroatoms. The molecular formula is C18H35IN4O3. The van der Waals surface area contributed by atoms with Crippen molar-refractivity contribution in [3.63, 3.8) is 0 Å². The molecule has 0 spiro atoms. The van der Waals surface area contributed by atoms with Gasteiger partial charge in [0.1, 0.15) is 0 Å². The molecule has 2 heterocycles. The minimum Gasteiger partial charge on any atom is -0.466 e. The van der Waals surface area contributed by atoms with Gasteiger partial charge in [-0.1, -0.05) is 0 Å². The Labute approximate surface area is 174 Å². The Balaban J connectivity index is 0.00000338. The van der Waals surface area contributed by atoms with E-state index in [1.54, 1.807) is 0 Å². The maximum absolute atomic E-state index is 11.9. The van der Waals surface area contributed by atoms with Crippen molar-refractivity contribution >= 4 is 35.9 Å². The summed E-state index contributed by atoms with van der Waals surface area (Å²) in [6.45, 7) is 11.9. The second-order valence-electron chi connectivity index (χ2n) is 6.95. The van der Waals surface area contributed by atoms with E-state index in [1.807, 2.05) is 14.0 Å². The Morgan fingerprint density at radius 3 is 2.62 bits per heavy atom. The van der Waals surface area contributed by atoms with E-state index in [1.165, 1.54) is 0 Å². The van der Waals surface area contributed by atoms with Crippen LogP contribution in [0.2, 0.25) is 0 Å². The summed E-state index contributed by atoms with van der Waals surface area (Å²) >= 11 is 0. The molecule has 0 amide bonds. The van der Waals surface area contributed by atoms with Crippen LogP contribution in [0.15, 0.2) is 4.99 Å². The molecule has 2 saturated heterocycles. The van der Waals surface area contributed by atoms with E-state index < -0.39 is 0 Å². The number of likely N-dealkylation sites (tertiary alicyclic amines) is 1. The molecule has 152 valence electrons. The summed E-state index contributed by atoms with van der Waals surface area (Å²) in [4.78, 5) is 21.0. The lowest BCUT2D eigenvalue weighted by atomic mass is 9.97. The van der Waals surface area contributed by atoms with Crippen LogP contribution in [0.3, 0.4) is 0 Å². The summed E-state index contributed by atoms with van der Waals surface area (Å²) in [5.74, 6) is 0.900. The molecule has 0 aromatic rings. The molecule has 0 aromatic carbocycles. The third-order valence-electron chi connectivity index (χ3n) is 5.17. The molecule has 0 aromatic heterocycles. The maximum atomic E-state index is 11.9. The fraction of sp³-hybridized carbons (Fsp3) is 0.889. The highest BCUT2D eigenvalue weighted by molar-refractivity contribution is 14.0. The van der Waals surface area contributed by atoms with Crippen LogP contribution in [0.25, 0.3) is 0 Å². The lowest BCUT2D eigenvalue weighted by Crippen LogP contribution is -2.54. The number of ether oxygens (including phenoxy) is 2. The molecule has 2 aliphatic rings. The highest BCUT2D eigenvalue weighted by atomic mass is 127. The van der Waals surface area contributed by atoms with Crippen molar-refractivity contribution in [2.24, 2.45) is 10.9 Å². The van der Waals surface area contributed by atoms with Crippen molar-refractivity contribution in [3.8, 4) is 0 Å². The van der Waals surface area contributed by atoms with Crippen LogP contribution < -0.4 is 5.32 Å². The van der Waals surface area contributed by atoms with Crippen molar-refractivity contribution < 1.29 is 14.3 Å². The Bertz CT molecular complexity index is 456. The third kappa shape index (κ3) is 6.53. The fourth-order valence-electron chi connectivity index (χ4n) is 3.67. The van der Waals surface area contributed by atoms with Crippen molar-refractivity contribution in [2.75, 3.05) is 53.0 Å². The van der Waals surface area contributed by atoms with Gasteiger partial charge in [-0.3, -0.25) is 14.7 Å². The van der Waals surface area contributed by atoms with E-state index in [0.717, 1.165) is 58.2 Å². The smallest absolute Gasteiger partial charge is 0.309 e. The number of halogens is 1. The number of piperidine rings is 1. The van der Waals surface area contributed by atoms with Gasteiger partial charge in [-0.25, -0.2) is 0 Å². The van der Waals surface area contributed by atoms with Crippen LogP contribution in [0.5, 0.6) is 0 Å². The number of hydrogen-bond acceptors (Lipinski definition) is 5. The van der Waals surface area contributed by atoms with Crippen molar-refractivity contribution in [3.05, 3.63) is 0 Å². The number of hydrogen-bond donors (Lipinski definition) is 1. The van der Waals surface area contributed by atoms with E-state index in [2.05, 4.69) is 34.0 Å². The maximum Gasteiger partial charge on any atom is 0.309 e. The highest BCUT2D eigenvalue weighted by Gasteiger charge is 2.28. The van der Waals surface area contributed by atoms with Gasteiger partial charge in [0, 0.05) is 45.3 Å². The zero-order valence-corrected chi connectivity index (χ0v) is 18.9. The van der Waals surface area contributed by atoms with Crippen LogP contribution in [0, 0.1) is 5.92 Å². The van der Waals surface area contributed by atoms with Gasteiger partial charge in [0.25, 0.3) is 0 Å². The fourth-order valence-corrected chi connectivity index (χ4v) is 3.67. The molecular weight excluding hydrogens is 447 g/mol. The first-order valence-corrected chi connectivity index (χ1v) is 9.52. The number of esters is 1. The number of carbonyl (C=O) groups excluding carboxylic acids is 1. The van der Waals surface area contributed by atoms with Crippen LogP contribution in [0.4, 0.5) is 0 Å². The number of carbonyl (C=O) groups is 1. The Hall–Kier alpha value is -0.610. The first kappa shape index (κ1) is 23.4. The largest absolute Gasteiger partial charge is 0.466 e. The Kier molecular flexibility index (Phi) is 10.8. The van der Waals surface area contributed by atoms with Crippen LogP contribution in [-0.2, 0) is 14.3 Å². The molecule has 0 bridgehead atoms. The van der Waals surface area contributed by atoms with Gasteiger partial charge in [0.2, 0.25) is 0 Å². The number of aliphatic imine (C=N–C) groups is 1. The van der Waals surface area contributed by atoms with Gasteiger partial charge >= 0.3 is 5.97 Å². The average Bonchev–Trinajstić information content (AvgIpc) is 2.63. The minimum atomic E-state index is -0.0555. The minimum absolute atomic E-state index is 0. The second-order valence-corrected chi connectivity index (χ2v) is 6.95. The molecule has 0 aliphatic carbocycles.